The Bertz CT molecular complexity index is 469. The second-order valence-corrected chi connectivity index (χ2v) is 7.45. The van der Waals surface area contributed by atoms with Gasteiger partial charge in [0.1, 0.15) is 0 Å². The number of rotatable bonds is 7. The smallest absolute Gasteiger partial charge is 0.195 e. The SMILES string of the molecule is CCN(CC)S(=O)(=O)N(CC)Cc1ccc(Cl)s1. The van der Waals surface area contributed by atoms with Gasteiger partial charge in [-0.15, -0.1) is 11.3 Å². The Labute approximate surface area is 118 Å². The summed E-state index contributed by atoms with van der Waals surface area (Å²) in [6.07, 6.45) is 0. The molecule has 0 N–H and O–H groups in total. The third kappa shape index (κ3) is 3.68. The topological polar surface area (TPSA) is 40.6 Å². The maximum absolute atomic E-state index is 12.4. The molecular weight excluding hydrogens is 292 g/mol. The highest BCUT2D eigenvalue weighted by Gasteiger charge is 2.26. The molecule has 0 bridgehead atoms. The summed E-state index contributed by atoms with van der Waals surface area (Å²) < 4.78 is 28.3. The van der Waals surface area contributed by atoms with Gasteiger partial charge >= 0.3 is 0 Å². The summed E-state index contributed by atoms with van der Waals surface area (Å²) in [7, 11) is -3.37. The van der Waals surface area contributed by atoms with E-state index < -0.39 is 10.2 Å². The molecule has 7 heteroatoms. The lowest BCUT2D eigenvalue weighted by molar-refractivity contribution is 0.354. The summed E-state index contributed by atoms with van der Waals surface area (Å²) in [6, 6.07) is 3.66. The molecule has 1 heterocycles. The Hall–Kier alpha value is -0.140. The number of nitrogens with zero attached hydrogens (tertiary/aromatic N) is 2. The Morgan fingerprint density at radius 3 is 2.06 bits per heavy atom. The van der Waals surface area contributed by atoms with Crippen molar-refractivity contribution in [2.24, 2.45) is 0 Å². The fourth-order valence-corrected chi connectivity index (χ4v) is 4.47. The van der Waals surface area contributed by atoms with E-state index in [1.54, 1.807) is 6.07 Å². The van der Waals surface area contributed by atoms with Gasteiger partial charge in [-0.2, -0.15) is 17.0 Å². The fourth-order valence-electron chi connectivity index (χ4n) is 1.68. The molecule has 0 spiro atoms. The molecule has 1 rings (SSSR count). The first-order chi connectivity index (χ1) is 8.45. The predicted octanol–water partition coefficient (Wildman–Crippen LogP) is 2.81. The van der Waals surface area contributed by atoms with E-state index in [0.29, 0.717) is 30.5 Å². The van der Waals surface area contributed by atoms with Gasteiger partial charge in [-0.05, 0) is 12.1 Å². The molecule has 1 aromatic heterocycles. The van der Waals surface area contributed by atoms with Crippen molar-refractivity contribution in [1.82, 2.24) is 8.61 Å². The van der Waals surface area contributed by atoms with E-state index in [1.165, 1.54) is 19.9 Å². The van der Waals surface area contributed by atoms with Crippen LogP contribution in [0.4, 0.5) is 0 Å². The quantitative estimate of drug-likeness (QED) is 0.777. The lowest BCUT2D eigenvalue weighted by Gasteiger charge is -2.27. The maximum Gasteiger partial charge on any atom is 0.282 e. The third-order valence-electron chi connectivity index (χ3n) is 2.67. The van der Waals surface area contributed by atoms with Crippen molar-refractivity contribution < 1.29 is 8.42 Å². The fraction of sp³-hybridized carbons (Fsp3) is 0.636. The Balaban J connectivity index is 2.89. The summed E-state index contributed by atoms with van der Waals surface area (Å²) in [5.74, 6) is 0. The average Bonchev–Trinajstić information content (AvgIpc) is 2.72. The van der Waals surface area contributed by atoms with E-state index in [2.05, 4.69) is 0 Å². The minimum absolute atomic E-state index is 0.382. The van der Waals surface area contributed by atoms with Gasteiger partial charge in [0, 0.05) is 31.1 Å². The highest BCUT2D eigenvalue weighted by molar-refractivity contribution is 7.86. The lowest BCUT2D eigenvalue weighted by Crippen LogP contribution is -2.43. The number of hydrogen-bond acceptors (Lipinski definition) is 3. The van der Waals surface area contributed by atoms with Crippen LogP contribution in [0.3, 0.4) is 0 Å². The summed E-state index contributed by atoms with van der Waals surface area (Å²) >= 11 is 7.27. The van der Waals surface area contributed by atoms with Crippen LogP contribution in [0.15, 0.2) is 12.1 Å². The van der Waals surface area contributed by atoms with Crippen LogP contribution >= 0.6 is 22.9 Å². The van der Waals surface area contributed by atoms with Gasteiger partial charge in [-0.25, -0.2) is 0 Å². The maximum atomic E-state index is 12.4. The number of hydrogen-bond donors (Lipinski definition) is 0. The minimum Gasteiger partial charge on any atom is -0.195 e. The molecule has 0 unspecified atom stereocenters. The molecule has 0 atom stereocenters. The second kappa shape index (κ2) is 6.86. The van der Waals surface area contributed by atoms with Crippen LogP contribution in [0.25, 0.3) is 0 Å². The Morgan fingerprint density at radius 1 is 1.11 bits per heavy atom. The molecule has 0 aliphatic heterocycles. The normalized spacial score (nSPS) is 12.6. The summed E-state index contributed by atoms with van der Waals surface area (Å²) in [6.45, 7) is 7.34. The Morgan fingerprint density at radius 2 is 1.67 bits per heavy atom. The zero-order chi connectivity index (χ0) is 13.8. The summed E-state index contributed by atoms with van der Waals surface area (Å²) in [5, 5.41) is 0. The van der Waals surface area contributed by atoms with Crippen molar-refractivity contribution in [3.63, 3.8) is 0 Å². The number of halogens is 1. The molecule has 0 radical (unpaired) electrons. The molecule has 0 aromatic carbocycles. The van der Waals surface area contributed by atoms with Gasteiger partial charge in [0.05, 0.1) is 4.34 Å². The van der Waals surface area contributed by atoms with Crippen molar-refractivity contribution in [3.05, 3.63) is 21.3 Å². The first-order valence-electron chi connectivity index (χ1n) is 5.95. The van der Waals surface area contributed by atoms with E-state index in [4.69, 9.17) is 11.6 Å². The Kier molecular flexibility index (Phi) is 6.07. The van der Waals surface area contributed by atoms with Crippen LogP contribution in [0.5, 0.6) is 0 Å². The summed E-state index contributed by atoms with van der Waals surface area (Å²) in [5.41, 5.74) is 0. The largest absolute Gasteiger partial charge is 0.282 e. The zero-order valence-electron chi connectivity index (χ0n) is 10.9. The van der Waals surface area contributed by atoms with Gasteiger partial charge < -0.3 is 0 Å². The number of thiophene rings is 1. The monoisotopic (exact) mass is 310 g/mol. The standard InChI is InChI=1S/C11H19ClN2O2S2/c1-4-13(5-2)18(15,16)14(6-3)9-10-7-8-11(12)17-10/h7-8H,4-6,9H2,1-3H3. The lowest BCUT2D eigenvalue weighted by atomic mass is 10.4. The average molecular weight is 311 g/mol. The molecule has 18 heavy (non-hydrogen) atoms. The molecule has 4 nitrogen and oxygen atoms in total. The summed E-state index contributed by atoms with van der Waals surface area (Å²) in [4.78, 5) is 0.956. The molecule has 104 valence electrons. The molecule has 0 amide bonds. The van der Waals surface area contributed by atoms with E-state index >= 15 is 0 Å². The van der Waals surface area contributed by atoms with Gasteiger partial charge in [0.2, 0.25) is 0 Å². The van der Waals surface area contributed by atoms with Crippen molar-refractivity contribution in [3.8, 4) is 0 Å². The van der Waals surface area contributed by atoms with Crippen LogP contribution < -0.4 is 0 Å². The molecule has 0 aliphatic carbocycles. The molecule has 0 aliphatic rings. The highest BCUT2D eigenvalue weighted by Crippen LogP contribution is 2.24. The van der Waals surface area contributed by atoms with Gasteiger partial charge in [0.25, 0.3) is 10.2 Å². The van der Waals surface area contributed by atoms with Crippen LogP contribution in [-0.2, 0) is 16.8 Å². The van der Waals surface area contributed by atoms with Crippen molar-refractivity contribution in [2.45, 2.75) is 27.3 Å². The van der Waals surface area contributed by atoms with Crippen LogP contribution in [0.1, 0.15) is 25.6 Å². The molecule has 1 aromatic rings. The molecule has 0 saturated carbocycles. The van der Waals surface area contributed by atoms with E-state index in [9.17, 15) is 8.42 Å². The first kappa shape index (κ1) is 15.9. The first-order valence-corrected chi connectivity index (χ1v) is 8.54. The van der Waals surface area contributed by atoms with Crippen LogP contribution in [-0.4, -0.2) is 36.7 Å². The van der Waals surface area contributed by atoms with Crippen molar-refractivity contribution in [2.75, 3.05) is 19.6 Å². The highest BCUT2D eigenvalue weighted by atomic mass is 35.5. The van der Waals surface area contributed by atoms with Crippen molar-refractivity contribution in [1.29, 1.82) is 0 Å². The minimum atomic E-state index is -3.37. The van der Waals surface area contributed by atoms with Crippen LogP contribution in [0.2, 0.25) is 4.34 Å². The van der Waals surface area contributed by atoms with Gasteiger partial charge in [-0.3, -0.25) is 0 Å². The van der Waals surface area contributed by atoms with Gasteiger partial charge in [-0.1, -0.05) is 32.4 Å². The molecule has 0 fully saturated rings. The zero-order valence-corrected chi connectivity index (χ0v) is 13.3. The van der Waals surface area contributed by atoms with Gasteiger partial charge in [0.15, 0.2) is 0 Å². The molecular formula is C11H19ClN2O2S2. The second-order valence-electron chi connectivity index (χ2n) is 3.72. The van der Waals surface area contributed by atoms with Crippen LogP contribution in [0, 0.1) is 0 Å². The van der Waals surface area contributed by atoms with E-state index in [1.807, 2.05) is 26.8 Å². The van der Waals surface area contributed by atoms with Crippen molar-refractivity contribution >= 4 is 33.1 Å². The third-order valence-corrected chi connectivity index (χ3v) is 6.10. The predicted molar refractivity (Wildman–Crippen MR) is 77.3 cm³/mol. The molecule has 0 saturated heterocycles. The van der Waals surface area contributed by atoms with E-state index in [0.717, 1.165) is 4.88 Å². The van der Waals surface area contributed by atoms with E-state index in [-0.39, 0.29) is 0 Å².